The lowest BCUT2D eigenvalue weighted by Crippen LogP contribution is -2.74. The third-order valence-electron chi connectivity index (χ3n) is 7.66. The molecule has 46 heavy (non-hydrogen) atoms. The number of hydrogen-bond donors (Lipinski definition) is 2. The number of hydrogen-bond acceptors (Lipinski definition) is 7. The van der Waals surface area contributed by atoms with Gasteiger partial charge in [-0.05, 0) is 22.3 Å². The molecule has 0 unspecified atom stereocenters. The average Bonchev–Trinajstić information content (AvgIpc) is 3.08. The molecule has 0 bridgehead atoms. The maximum atomic E-state index is 15.7. The van der Waals surface area contributed by atoms with E-state index in [-0.39, 0.29) is 33.0 Å². The van der Waals surface area contributed by atoms with Gasteiger partial charge >= 0.3 is 11.9 Å². The summed E-state index contributed by atoms with van der Waals surface area (Å²) in [5, 5.41) is 21.3. The maximum Gasteiger partial charge on any atom is 0.397 e. The van der Waals surface area contributed by atoms with Crippen LogP contribution in [-0.4, -0.2) is 58.9 Å². The van der Waals surface area contributed by atoms with Gasteiger partial charge in [0.05, 0.1) is 33.0 Å². The van der Waals surface area contributed by atoms with Crippen molar-refractivity contribution in [2.24, 2.45) is 0 Å². The number of halogens is 2. The maximum absolute atomic E-state index is 15.7. The van der Waals surface area contributed by atoms with Gasteiger partial charge in [-0.2, -0.15) is 8.78 Å². The van der Waals surface area contributed by atoms with E-state index in [1.165, 1.54) is 0 Å². The number of rotatable bonds is 15. The average molecular weight is 635 g/mol. The third-order valence-corrected chi connectivity index (χ3v) is 7.66. The van der Waals surface area contributed by atoms with Gasteiger partial charge in [-0.3, -0.25) is 0 Å². The van der Waals surface area contributed by atoms with Crippen LogP contribution in [0.1, 0.15) is 22.3 Å². The Hall–Kier alpha value is -4.03. The minimum Gasteiger partial charge on any atom is -0.477 e. The van der Waals surface area contributed by atoms with E-state index >= 15 is 8.78 Å². The summed E-state index contributed by atoms with van der Waals surface area (Å²) in [6.07, 6.45) is -5.96. The first-order valence-corrected chi connectivity index (χ1v) is 14.9. The summed E-state index contributed by atoms with van der Waals surface area (Å²) < 4.78 is 61.5. The number of aliphatic hydroxyl groups is 1. The van der Waals surface area contributed by atoms with E-state index in [2.05, 4.69) is 0 Å². The zero-order chi connectivity index (χ0) is 32.4. The quantitative estimate of drug-likeness (QED) is 0.170. The van der Waals surface area contributed by atoms with E-state index < -0.39 is 42.1 Å². The Bertz CT molecular complexity index is 1490. The number of ether oxygens (including phenoxy) is 5. The van der Waals surface area contributed by atoms with Gasteiger partial charge in [0.25, 0.3) is 5.79 Å². The molecule has 4 aromatic rings. The van der Waals surface area contributed by atoms with Crippen LogP contribution in [0.25, 0.3) is 0 Å². The molecule has 242 valence electrons. The number of aliphatic carboxylic acids is 1. The lowest BCUT2D eigenvalue weighted by atomic mass is 9.87. The molecule has 1 aliphatic rings. The fourth-order valence-corrected chi connectivity index (χ4v) is 5.26. The van der Waals surface area contributed by atoms with Crippen LogP contribution in [-0.2, 0) is 54.9 Å². The van der Waals surface area contributed by atoms with E-state index in [0.29, 0.717) is 11.1 Å². The van der Waals surface area contributed by atoms with Crippen molar-refractivity contribution in [3.63, 3.8) is 0 Å². The molecule has 5 atom stereocenters. The molecule has 1 aliphatic heterocycles. The number of alkyl halides is 2. The first-order valence-electron chi connectivity index (χ1n) is 14.9. The molecule has 2 N–H and O–H groups in total. The zero-order valence-electron chi connectivity index (χ0n) is 25.0. The fraction of sp³-hybridized carbons (Fsp3) is 0.306. The molecule has 1 fully saturated rings. The second kappa shape index (κ2) is 15.5. The van der Waals surface area contributed by atoms with Crippen LogP contribution >= 0.6 is 0 Å². The summed E-state index contributed by atoms with van der Waals surface area (Å²) in [7, 11) is 0. The Labute approximate surface area is 266 Å². The number of benzene rings is 4. The van der Waals surface area contributed by atoms with Crippen molar-refractivity contribution in [1.29, 1.82) is 0 Å². The Kier molecular flexibility index (Phi) is 11.2. The Morgan fingerprint density at radius 2 is 1.04 bits per heavy atom. The summed E-state index contributed by atoms with van der Waals surface area (Å²) in [6.45, 7) is -0.520. The van der Waals surface area contributed by atoms with Crippen molar-refractivity contribution in [3.8, 4) is 0 Å². The van der Waals surface area contributed by atoms with Gasteiger partial charge < -0.3 is 33.9 Å². The van der Waals surface area contributed by atoms with Crippen LogP contribution in [0.4, 0.5) is 8.78 Å². The van der Waals surface area contributed by atoms with E-state index in [9.17, 15) is 15.0 Å². The first-order chi connectivity index (χ1) is 22.3. The van der Waals surface area contributed by atoms with E-state index in [1.54, 1.807) is 54.6 Å². The highest BCUT2D eigenvalue weighted by Crippen LogP contribution is 2.44. The summed E-state index contributed by atoms with van der Waals surface area (Å²) in [5.41, 5.74) is 2.90. The molecular weight excluding hydrogens is 598 g/mol. The molecule has 0 aromatic heterocycles. The Morgan fingerprint density at radius 3 is 1.48 bits per heavy atom. The van der Waals surface area contributed by atoms with Crippen molar-refractivity contribution >= 4 is 5.97 Å². The third kappa shape index (κ3) is 8.03. The number of carbonyl (C=O) groups is 1. The number of carboxylic acids is 1. The lowest BCUT2D eigenvalue weighted by Gasteiger charge is -2.51. The summed E-state index contributed by atoms with van der Waals surface area (Å²) in [6, 6.07) is 36.0. The predicted molar refractivity (Wildman–Crippen MR) is 164 cm³/mol. The van der Waals surface area contributed by atoms with E-state index in [0.717, 1.165) is 11.1 Å². The first kappa shape index (κ1) is 33.3. The molecule has 5 rings (SSSR count). The highest BCUT2D eigenvalue weighted by atomic mass is 19.3. The van der Waals surface area contributed by atoms with Gasteiger partial charge in [0.15, 0.2) is 0 Å². The molecule has 0 saturated carbocycles. The van der Waals surface area contributed by atoms with Crippen LogP contribution in [0.5, 0.6) is 0 Å². The van der Waals surface area contributed by atoms with Gasteiger partial charge in [-0.25, -0.2) is 4.79 Å². The molecule has 1 saturated heterocycles. The van der Waals surface area contributed by atoms with Gasteiger partial charge in [0.1, 0.15) is 24.4 Å². The van der Waals surface area contributed by atoms with Crippen LogP contribution in [0.2, 0.25) is 0 Å². The van der Waals surface area contributed by atoms with Crippen LogP contribution in [0, 0.1) is 0 Å². The lowest BCUT2D eigenvalue weighted by molar-refractivity contribution is -0.417. The highest BCUT2D eigenvalue weighted by molar-refractivity contribution is 5.77. The van der Waals surface area contributed by atoms with Crippen LogP contribution < -0.4 is 0 Å². The standard InChI is InChI=1S/C36H36F2O8/c37-35(38,34(39)40)36(41)33(45-24-29-19-11-4-12-20-29)32(44-23-28-17-9-3-10-18-28)31(43-22-27-15-7-2-8-16-27)30(46-36)25-42-21-26-13-5-1-6-14-26/h1-20,30-33,41H,21-25H2,(H,39,40)/t30-,31-,32+,33-,36-/m1/s1. The highest BCUT2D eigenvalue weighted by Gasteiger charge is 2.71. The molecule has 0 radical (unpaired) electrons. The molecule has 8 nitrogen and oxygen atoms in total. The summed E-state index contributed by atoms with van der Waals surface area (Å²) in [4.78, 5) is 12.0. The largest absolute Gasteiger partial charge is 0.477 e. The summed E-state index contributed by atoms with van der Waals surface area (Å²) in [5.74, 6) is -11.1. The Balaban J connectivity index is 1.52. The van der Waals surface area contributed by atoms with Crippen molar-refractivity contribution in [1.82, 2.24) is 0 Å². The minimum absolute atomic E-state index is 0.0361. The van der Waals surface area contributed by atoms with E-state index in [1.807, 2.05) is 66.7 Å². The second-order valence-electron chi connectivity index (χ2n) is 11.0. The molecule has 10 heteroatoms. The summed E-state index contributed by atoms with van der Waals surface area (Å²) >= 11 is 0. The van der Waals surface area contributed by atoms with E-state index in [4.69, 9.17) is 23.7 Å². The number of carboxylic acid groups (broad SMARTS) is 1. The minimum atomic E-state index is -4.81. The SMILES string of the molecule is O=C(O)C(F)(F)[C@]1(O)O[C@H](COCc2ccccc2)[C@@H](OCc2ccccc2)[C@H](OCc2ccccc2)[C@H]1OCc1ccccc1. The fourth-order valence-electron chi connectivity index (χ4n) is 5.26. The topological polar surface area (TPSA) is 104 Å². The van der Waals surface area contributed by atoms with Gasteiger partial charge in [0, 0.05) is 0 Å². The zero-order valence-corrected chi connectivity index (χ0v) is 25.0. The normalized spacial score (nSPS) is 23.2. The second-order valence-corrected chi connectivity index (χ2v) is 11.0. The molecule has 0 aliphatic carbocycles. The van der Waals surface area contributed by atoms with Crippen molar-refractivity contribution in [2.75, 3.05) is 6.61 Å². The van der Waals surface area contributed by atoms with Crippen LogP contribution in [0.3, 0.4) is 0 Å². The molecular formula is C36H36F2O8. The van der Waals surface area contributed by atoms with Gasteiger partial charge in [-0.15, -0.1) is 0 Å². The monoisotopic (exact) mass is 634 g/mol. The van der Waals surface area contributed by atoms with Crippen LogP contribution in [0.15, 0.2) is 121 Å². The van der Waals surface area contributed by atoms with Gasteiger partial charge in [-0.1, -0.05) is 121 Å². The molecule has 4 aromatic carbocycles. The molecule has 0 spiro atoms. The molecule has 0 amide bonds. The van der Waals surface area contributed by atoms with Gasteiger partial charge in [0.2, 0.25) is 0 Å². The van der Waals surface area contributed by atoms with Crippen molar-refractivity contribution in [3.05, 3.63) is 144 Å². The molecule has 1 heterocycles. The van der Waals surface area contributed by atoms with Crippen molar-refractivity contribution < 1.29 is 47.5 Å². The van der Waals surface area contributed by atoms with Crippen molar-refractivity contribution in [2.45, 2.75) is 62.6 Å². The Morgan fingerprint density at radius 1 is 0.652 bits per heavy atom. The predicted octanol–water partition coefficient (Wildman–Crippen LogP) is 5.77. The smallest absolute Gasteiger partial charge is 0.397 e.